The van der Waals surface area contributed by atoms with Gasteiger partial charge in [-0.05, 0) is 49.2 Å². The van der Waals surface area contributed by atoms with E-state index < -0.39 is 10.1 Å². The van der Waals surface area contributed by atoms with Crippen LogP contribution in [0.15, 0.2) is 53.6 Å². The number of nitrogens with zero attached hydrogens (tertiary/aromatic N) is 1. The summed E-state index contributed by atoms with van der Waals surface area (Å²) in [6.07, 6.45) is 1.63. The summed E-state index contributed by atoms with van der Waals surface area (Å²) in [5.41, 5.74) is 2.18. The SMILES string of the molecule is Cc1ccc(Cl)c(OS(=O)(=O)c2cccc3cc(C)cnc23)c1. The lowest BCUT2D eigenvalue weighted by Crippen LogP contribution is -2.11. The van der Waals surface area contributed by atoms with E-state index in [4.69, 9.17) is 15.8 Å². The molecular weight excluding hydrogens is 334 g/mol. The Bertz CT molecular complexity index is 1000. The number of aryl methyl sites for hydroxylation is 2. The van der Waals surface area contributed by atoms with Crippen molar-refractivity contribution in [2.75, 3.05) is 0 Å². The number of benzene rings is 2. The average molecular weight is 348 g/mol. The van der Waals surface area contributed by atoms with Crippen molar-refractivity contribution < 1.29 is 12.6 Å². The predicted molar refractivity (Wildman–Crippen MR) is 90.5 cm³/mol. The molecule has 23 heavy (non-hydrogen) atoms. The lowest BCUT2D eigenvalue weighted by Gasteiger charge is -2.11. The summed E-state index contributed by atoms with van der Waals surface area (Å²) in [6.45, 7) is 3.73. The molecule has 0 saturated carbocycles. The van der Waals surface area contributed by atoms with Gasteiger partial charge in [0.05, 0.1) is 10.5 Å². The van der Waals surface area contributed by atoms with Gasteiger partial charge in [-0.3, -0.25) is 4.98 Å². The molecule has 0 radical (unpaired) electrons. The molecule has 1 heterocycles. The van der Waals surface area contributed by atoms with Crippen LogP contribution < -0.4 is 4.18 Å². The van der Waals surface area contributed by atoms with Crippen LogP contribution in [0, 0.1) is 13.8 Å². The van der Waals surface area contributed by atoms with Crippen molar-refractivity contribution in [1.29, 1.82) is 0 Å². The summed E-state index contributed by atoms with van der Waals surface area (Å²) in [4.78, 5) is 4.26. The van der Waals surface area contributed by atoms with Crippen molar-refractivity contribution in [1.82, 2.24) is 4.98 Å². The molecule has 1 aromatic heterocycles. The molecule has 3 rings (SSSR count). The molecule has 0 aliphatic rings. The summed E-state index contributed by atoms with van der Waals surface area (Å²) < 4.78 is 30.5. The fraction of sp³-hybridized carbons (Fsp3) is 0.118. The standard InChI is InChI=1S/C17H14ClNO3S/c1-11-6-7-14(18)15(9-11)22-23(20,21)16-5-3-4-13-8-12(2)10-19-17(13)16/h3-10H,1-2H3. The van der Waals surface area contributed by atoms with E-state index in [0.717, 1.165) is 16.5 Å². The van der Waals surface area contributed by atoms with E-state index in [-0.39, 0.29) is 15.7 Å². The quantitative estimate of drug-likeness (QED) is 0.664. The normalized spacial score (nSPS) is 11.6. The van der Waals surface area contributed by atoms with Crippen LogP contribution in [-0.4, -0.2) is 13.4 Å². The van der Waals surface area contributed by atoms with E-state index in [0.29, 0.717) is 5.52 Å². The smallest absolute Gasteiger partial charge is 0.341 e. The molecule has 4 nitrogen and oxygen atoms in total. The summed E-state index contributed by atoms with van der Waals surface area (Å²) in [5.74, 6) is 0.107. The Balaban J connectivity index is 2.12. The summed E-state index contributed by atoms with van der Waals surface area (Å²) in [5, 5.41) is 0.980. The van der Waals surface area contributed by atoms with Crippen LogP contribution in [0.25, 0.3) is 10.9 Å². The van der Waals surface area contributed by atoms with Gasteiger partial charge in [0.15, 0.2) is 5.75 Å². The second kappa shape index (κ2) is 5.83. The minimum absolute atomic E-state index is 0.0209. The van der Waals surface area contributed by atoms with Gasteiger partial charge in [0.2, 0.25) is 0 Å². The molecule has 6 heteroatoms. The maximum absolute atomic E-state index is 12.6. The molecule has 3 aromatic rings. The van der Waals surface area contributed by atoms with Crippen LogP contribution in [0.2, 0.25) is 5.02 Å². The van der Waals surface area contributed by atoms with Crippen LogP contribution in [0.5, 0.6) is 5.75 Å². The number of aromatic nitrogens is 1. The predicted octanol–water partition coefficient (Wildman–Crippen LogP) is 4.27. The third-order valence-electron chi connectivity index (χ3n) is 3.37. The van der Waals surface area contributed by atoms with Gasteiger partial charge in [-0.1, -0.05) is 29.8 Å². The highest BCUT2D eigenvalue weighted by molar-refractivity contribution is 7.87. The van der Waals surface area contributed by atoms with E-state index in [1.165, 1.54) is 6.07 Å². The molecule has 0 spiro atoms. The van der Waals surface area contributed by atoms with Crippen LogP contribution in [0.1, 0.15) is 11.1 Å². The van der Waals surface area contributed by atoms with E-state index >= 15 is 0 Å². The molecule has 2 aromatic carbocycles. The largest absolute Gasteiger partial charge is 0.377 e. The number of para-hydroxylation sites is 1. The molecule has 0 fully saturated rings. The second-order valence-electron chi connectivity index (χ2n) is 5.31. The maximum Gasteiger partial charge on any atom is 0.341 e. The summed E-state index contributed by atoms with van der Waals surface area (Å²) in [6, 6.07) is 11.8. The molecule has 0 aliphatic heterocycles. The summed E-state index contributed by atoms with van der Waals surface area (Å²) >= 11 is 6.02. The van der Waals surface area contributed by atoms with Crippen LogP contribution in [0.4, 0.5) is 0 Å². The van der Waals surface area contributed by atoms with Gasteiger partial charge in [0.25, 0.3) is 0 Å². The fourth-order valence-corrected chi connectivity index (χ4v) is 3.60. The van der Waals surface area contributed by atoms with Gasteiger partial charge in [0, 0.05) is 11.6 Å². The molecule has 0 saturated heterocycles. The number of hydrogen-bond acceptors (Lipinski definition) is 4. The first-order valence-electron chi connectivity index (χ1n) is 6.93. The third-order valence-corrected chi connectivity index (χ3v) is 4.95. The Hall–Kier alpha value is -2.11. The zero-order chi connectivity index (χ0) is 16.6. The molecule has 0 amide bonds. The van der Waals surface area contributed by atoms with Gasteiger partial charge in [0.1, 0.15) is 4.90 Å². The molecule has 118 valence electrons. The van der Waals surface area contributed by atoms with Gasteiger partial charge >= 0.3 is 10.1 Å². The van der Waals surface area contributed by atoms with E-state index in [2.05, 4.69) is 4.98 Å². The van der Waals surface area contributed by atoms with Crippen LogP contribution >= 0.6 is 11.6 Å². The molecule has 0 unspecified atom stereocenters. The minimum atomic E-state index is -4.04. The number of rotatable bonds is 3. The number of fused-ring (bicyclic) bond motifs is 1. The molecular formula is C17H14ClNO3S. The first-order valence-corrected chi connectivity index (χ1v) is 8.71. The van der Waals surface area contributed by atoms with E-state index in [9.17, 15) is 8.42 Å². The topological polar surface area (TPSA) is 56.3 Å². The highest BCUT2D eigenvalue weighted by atomic mass is 35.5. The average Bonchev–Trinajstić information content (AvgIpc) is 2.49. The van der Waals surface area contributed by atoms with Gasteiger partial charge in [-0.2, -0.15) is 8.42 Å². The van der Waals surface area contributed by atoms with E-state index in [1.807, 2.05) is 26.0 Å². The highest BCUT2D eigenvalue weighted by Crippen LogP contribution is 2.30. The molecule has 0 N–H and O–H groups in total. The zero-order valence-corrected chi connectivity index (χ0v) is 14.1. The highest BCUT2D eigenvalue weighted by Gasteiger charge is 2.22. The Morgan fingerprint density at radius 1 is 1.04 bits per heavy atom. The minimum Gasteiger partial charge on any atom is -0.377 e. The van der Waals surface area contributed by atoms with Crippen molar-refractivity contribution >= 4 is 32.6 Å². The second-order valence-corrected chi connectivity index (χ2v) is 7.23. The molecule has 0 atom stereocenters. The van der Waals surface area contributed by atoms with Crippen molar-refractivity contribution in [3.63, 3.8) is 0 Å². The van der Waals surface area contributed by atoms with Crippen LogP contribution in [0.3, 0.4) is 0 Å². The monoisotopic (exact) mass is 347 g/mol. The first kappa shape index (κ1) is 15.8. The fourth-order valence-electron chi connectivity index (χ4n) is 2.28. The molecule has 0 aliphatic carbocycles. The Morgan fingerprint density at radius 2 is 1.83 bits per heavy atom. The Morgan fingerprint density at radius 3 is 2.61 bits per heavy atom. The summed E-state index contributed by atoms with van der Waals surface area (Å²) in [7, 11) is -4.04. The molecule has 0 bridgehead atoms. The van der Waals surface area contributed by atoms with E-state index in [1.54, 1.807) is 30.5 Å². The number of pyridine rings is 1. The maximum atomic E-state index is 12.6. The number of hydrogen-bond donors (Lipinski definition) is 0. The van der Waals surface area contributed by atoms with Gasteiger partial charge < -0.3 is 4.18 Å². The van der Waals surface area contributed by atoms with Gasteiger partial charge in [-0.15, -0.1) is 0 Å². The third kappa shape index (κ3) is 3.16. The van der Waals surface area contributed by atoms with Crippen molar-refractivity contribution in [3.05, 3.63) is 64.8 Å². The lowest BCUT2D eigenvalue weighted by molar-refractivity contribution is 0.487. The number of halogens is 1. The Labute approximate surface area is 139 Å². The lowest BCUT2D eigenvalue weighted by atomic mass is 10.2. The van der Waals surface area contributed by atoms with Crippen molar-refractivity contribution in [2.45, 2.75) is 18.7 Å². The van der Waals surface area contributed by atoms with Crippen molar-refractivity contribution in [2.24, 2.45) is 0 Å². The first-order chi connectivity index (χ1) is 10.9. The Kier molecular flexibility index (Phi) is 4.00. The van der Waals surface area contributed by atoms with Gasteiger partial charge in [-0.25, -0.2) is 0 Å². The van der Waals surface area contributed by atoms with Crippen LogP contribution in [-0.2, 0) is 10.1 Å². The van der Waals surface area contributed by atoms with Crippen molar-refractivity contribution in [3.8, 4) is 5.75 Å². The zero-order valence-electron chi connectivity index (χ0n) is 12.6.